The predicted octanol–water partition coefficient (Wildman–Crippen LogP) is 4.13. The molecule has 3 heterocycles. The minimum atomic E-state index is -0.701. The molecule has 1 aliphatic rings. The molecule has 1 amide bonds. The lowest BCUT2D eigenvalue weighted by atomic mass is 9.95. The number of aryl methyl sites for hydroxylation is 2. The number of carbonyl (C=O) groups is 2. The number of rotatable bonds is 5. The lowest BCUT2D eigenvalue weighted by Crippen LogP contribution is -2.30. The van der Waals surface area contributed by atoms with Crippen LogP contribution in [0.5, 0.6) is 0 Å². The average molecular weight is 394 g/mol. The van der Waals surface area contributed by atoms with E-state index in [1.807, 2.05) is 37.3 Å². The summed E-state index contributed by atoms with van der Waals surface area (Å²) in [7, 11) is 0. The number of furan rings is 1. The van der Waals surface area contributed by atoms with Gasteiger partial charge >= 0.3 is 0 Å². The monoisotopic (exact) mass is 394 g/mol. The van der Waals surface area contributed by atoms with Gasteiger partial charge in [0.25, 0.3) is 5.91 Å². The number of aromatic nitrogens is 1. The molecule has 1 unspecified atom stereocenters. The summed E-state index contributed by atoms with van der Waals surface area (Å²) in [5, 5.41) is 11.4. The number of ketones is 1. The highest BCUT2D eigenvalue weighted by atomic mass is 32.1. The van der Waals surface area contributed by atoms with Gasteiger partial charge in [-0.25, -0.2) is 4.98 Å². The van der Waals surface area contributed by atoms with E-state index >= 15 is 0 Å². The first-order valence-corrected chi connectivity index (χ1v) is 9.59. The van der Waals surface area contributed by atoms with Crippen LogP contribution in [0.15, 0.2) is 64.5 Å². The zero-order chi connectivity index (χ0) is 19.8. The number of carbonyl (C=O) groups excluding carboxylic acids is 2. The second-order valence-electron chi connectivity index (χ2n) is 6.56. The smallest absolute Gasteiger partial charge is 0.290 e. The zero-order valence-electron chi connectivity index (χ0n) is 15.4. The Kier molecular flexibility index (Phi) is 4.60. The van der Waals surface area contributed by atoms with Crippen molar-refractivity contribution in [2.75, 3.05) is 0 Å². The third kappa shape index (κ3) is 3.03. The van der Waals surface area contributed by atoms with E-state index in [4.69, 9.17) is 4.42 Å². The summed E-state index contributed by atoms with van der Waals surface area (Å²) in [5.41, 5.74) is 1.42. The molecule has 0 spiro atoms. The summed E-state index contributed by atoms with van der Waals surface area (Å²) >= 11 is 1.26. The fraction of sp³-hybridized carbons (Fsp3) is 0.190. The van der Waals surface area contributed by atoms with Crippen molar-refractivity contribution in [2.24, 2.45) is 0 Å². The van der Waals surface area contributed by atoms with Gasteiger partial charge in [-0.2, -0.15) is 0 Å². The summed E-state index contributed by atoms with van der Waals surface area (Å²) < 4.78 is 5.38. The highest BCUT2D eigenvalue weighted by molar-refractivity contribution is 7.14. The van der Waals surface area contributed by atoms with Crippen LogP contribution in [0, 0.1) is 13.8 Å². The number of amides is 1. The number of hydrogen-bond donors (Lipinski definition) is 1. The second kappa shape index (κ2) is 7.09. The van der Waals surface area contributed by atoms with Crippen molar-refractivity contribution in [2.45, 2.75) is 26.4 Å². The molecule has 0 saturated heterocycles. The highest BCUT2D eigenvalue weighted by Crippen LogP contribution is 2.40. The van der Waals surface area contributed by atoms with Gasteiger partial charge in [-0.15, -0.1) is 11.3 Å². The quantitative estimate of drug-likeness (QED) is 0.658. The molecular formula is C21H18N2O4S. The van der Waals surface area contributed by atoms with Crippen molar-refractivity contribution in [3.63, 3.8) is 0 Å². The number of nitrogens with zero attached hydrogens (tertiary/aromatic N) is 2. The molecule has 0 radical (unpaired) electrons. The number of hydrogen-bond acceptors (Lipinski definition) is 6. The first-order valence-electron chi connectivity index (χ1n) is 8.77. The van der Waals surface area contributed by atoms with E-state index < -0.39 is 17.7 Å². The van der Waals surface area contributed by atoms with Gasteiger partial charge in [0.2, 0.25) is 5.78 Å². The maximum absolute atomic E-state index is 13.3. The molecular weight excluding hydrogens is 376 g/mol. The fourth-order valence-corrected chi connectivity index (χ4v) is 4.34. The lowest BCUT2D eigenvalue weighted by Gasteiger charge is -2.26. The number of aliphatic hydroxyl groups excluding tert-OH is 1. The van der Waals surface area contributed by atoms with E-state index in [2.05, 4.69) is 4.98 Å². The van der Waals surface area contributed by atoms with Gasteiger partial charge in [0.05, 0.1) is 40.0 Å². The number of aliphatic hydroxyl groups is 1. The van der Waals surface area contributed by atoms with Crippen LogP contribution >= 0.6 is 11.3 Å². The number of benzene rings is 1. The van der Waals surface area contributed by atoms with Crippen molar-refractivity contribution in [1.82, 2.24) is 9.88 Å². The molecule has 6 nitrogen and oxygen atoms in total. The molecule has 4 rings (SSSR count). The van der Waals surface area contributed by atoms with Crippen molar-refractivity contribution in [3.8, 4) is 0 Å². The summed E-state index contributed by atoms with van der Waals surface area (Å²) in [5.74, 6) is -0.909. The molecule has 0 bridgehead atoms. The van der Waals surface area contributed by atoms with Crippen LogP contribution in [0.2, 0.25) is 0 Å². The van der Waals surface area contributed by atoms with Crippen molar-refractivity contribution in [3.05, 3.63) is 87.0 Å². The van der Waals surface area contributed by atoms with Gasteiger partial charge in [0.1, 0.15) is 5.76 Å². The Morgan fingerprint density at radius 3 is 2.57 bits per heavy atom. The van der Waals surface area contributed by atoms with Gasteiger partial charge in [0.15, 0.2) is 5.76 Å². The molecule has 3 aromatic rings. The molecule has 0 saturated carbocycles. The molecule has 7 heteroatoms. The van der Waals surface area contributed by atoms with E-state index in [9.17, 15) is 14.7 Å². The van der Waals surface area contributed by atoms with Crippen molar-refractivity contribution < 1.29 is 19.1 Å². The van der Waals surface area contributed by atoms with Crippen LogP contribution < -0.4 is 0 Å². The van der Waals surface area contributed by atoms with Crippen LogP contribution in [0.3, 0.4) is 0 Å². The van der Waals surface area contributed by atoms with E-state index in [-0.39, 0.29) is 17.9 Å². The number of thiazole rings is 1. The first-order chi connectivity index (χ1) is 13.5. The van der Waals surface area contributed by atoms with Crippen molar-refractivity contribution in [1.29, 1.82) is 0 Å². The molecule has 28 heavy (non-hydrogen) atoms. The van der Waals surface area contributed by atoms with Crippen LogP contribution in [0.25, 0.3) is 0 Å². The van der Waals surface area contributed by atoms with Crippen molar-refractivity contribution >= 4 is 23.0 Å². The van der Waals surface area contributed by atoms with Gasteiger partial charge in [-0.3, -0.25) is 9.59 Å². The van der Waals surface area contributed by atoms with E-state index in [0.717, 1.165) is 10.6 Å². The molecule has 1 atom stereocenters. The fourth-order valence-electron chi connectivity index (χ4n) is 3.47. The predicted molar refractivity (Wildman–Crippen MR) is 104 cm³/mol. The Bertz CT molecular complexity index is 1070. The number of Topliss-reactive ketones (excluding diaryl/α,β-unsaturated/α-hetero) is 1. The topological polar surface area (TPSA) is 83.6 Å². The summed E-state index contributed by atoms with van der Waals surface area (Å²) in [6, 6.07) is 12.0. The second-order valence-corrected chi connectivity index (χ2v) is 7.77. The average Bonchev–Trinajstić information content (AvgIpc) is 3.37. The van der Waals surface area contributed by atoms with Crippen LogP contribution in [0.1, 0.15) is 37.7 Å². The van der Waals surface area contributed by atoms with Gasteiger partial charge in [0, 0.05) is 0 Å². The Balaban J connectivity index is 1.81. The Morgan fingerprint density at radius 2 is 1.96 bits per heavy atom. The van der Waals surface area contributed by atoms with Crippen LogP contribution in [-0.2, 0) is 11.3 Å². The van der Waals surface area contributed by atoms with Crippen LogP contribution in [0.4, 0.5) is 0 Å². The molecule has 2 aromatic heterocycles. The summed E-state index contributed by atoms with van der Waals surface area (Å²) in [6.45, 7) is 3.72. The normalized spacial score (nSPS) is 16.9. The molecule has 1 N–H and O–H groups in total. The third-order valence-electron chi connectivity index (χ3n) is 4.68. The Morgan fingerprint density at radius 1 is 1.21 bits per heavy atom. The summed E-state index contributed by atoms with van der Waals surface area (Å²) in [6.07, 6.45) is 1.52. The first kappa shape index (κ1) is 18.2. The van der Waals surface area contributed by atoms with E-state index in [1.165, 1.54) is 22.5 Å². The molecule has 142 valence electrons. The Labute approximate surface area is 165 Å². The Hall–Kier alpha value is -3.19. The maximum atomic E-state index is 13.3. The molecule has 0 aliphatic carbocycles. The van der Waals surface area contributed by atoms with Crippen LogP contribution in [-0.4, -0.2) is 26.7 Å². The van der Waals surface area contributed by atoms with E-state index in [1.54, 1.807) is 19.1 Å². The minimum absolute atomic E-state index is 0.0782. The summed E-state index contributed by atoms with van der Waals surface area (Å²) in [4.78, 5) is 32.4. The highest BCUT2D eigenvalue weighted by Gasteiger charge is 2.44. The minimum Gasteiger partial charge on any atom is -0.503 e. The lowest BCUT2D eigenvalue weighted by molar-refractivity contribution is -0.130. The SMILES string of the molecule is Cc1nc(C)c(C(=O)C2=C(O)C(=O)N(Cc3ccco3)C2c2ccccc2)s1. The zero-order valence-corrected chi connectivity index (χ0v) is 16.2. The van der Waals surface area contributed by atoms with Gasteiger partial charge < -0.3 is 14.4 Å². The van der Waals surface area contributed by atoms with E-state index in [0.29, 0.717) is 16.3 Å². The third-order valence-corrected chi connectivity index (χ3v) is 5.75. The standard InChI is InChI=1S/C21H18N2O4S/c1-12-20(28-13(2)22-12)18(24)16-17(14-7-4-3-5-8-14)23(21(26)19(16)25)11-15-9-6-10-27-15/h3-10,17,25H,11H2,1-2H3. The molecule has 1 aromatic carbocycles. The molecule has 1 aliphatic heterocycles. The maximum Gasteiger partial charge on any atom is 0.290 e. The molecule has 0 fully saturated rings. The van der Waals surface area contributed by atoms with Gasteiger partial charge in [-0.05, 0) is 31.5 Å². The largest absolute Gasteiger partial charge is 0.503 e. The van der Waals surface area contributed by atoms with Gasteiger partial charge in [-0.1, -0.05) is 30.3 Å².